The number of anilines is 2. The first kappa shape index (κ1) is 18.2. The molecule has 2 aromatic carbocycles. The number of nitrogens with zero attached hydrogens (tertiary/aromatic N) is 1. The number of nitrogens with one attached hydrogen (secondary N) is 1. The fourth-order valence-corrected chi connectivity index (χ4v) is 2.02. The standard InChI is InChI=1S/C18H18FN3O3/c1-11-7-13(4-3-12(11)9-20)22-17(23)18(2,24)10-25-14-5-6-16(21)15(19)8-14/h3-8,24H,10,21H2,1-2H3,(H,22,23)/t18-/m0/s1. The average Bonchev–Trinajstić information content (AvgIpc) is 2.56. The minimum atomic E-state index is -1.85. The first-order valence-electron chi connectivity index (χ1n) is 7.45. The molecule has 0 aliphatic carbocycles. The third-order valence-corrected chi connectivity index (χ3v) is 3.59. The number of halogens is 1. The molecule has 0 bridgehead atoms. The van der Waals surface area contributed by atoms with E-state index in [1.165, 1.54) is 19.1 Å². The van der Waals surface area contributed by atoms with Gasteiger partial charge in [-0.25, -0.2) is 4.39 Å². The zero-order chi connectivity index (χ0) is 18.6. The van der Waals surface area contributed by atoms with Crippen LogP contribution < -0.4 is 15.8 Å². The molecule has 0 radical (unpaired) electrons. The highest BCUT2D eigenvalue weighted by atomic mass is 19.1. The third kappa shape index (κ3) is 4.46. The number of amides is 1. The summed E-state index contributed by atoms with van der Waals surface area (Å²) in [4.78, 5) is 12.2. The second kappa shape index (κ2) is 7.20. The fraction of sp³-hybridized carbons (Fsp3) is 0.222. The van der Waals surface area contributed by atoms with Crippen LogP contribution in [0.1, 0.15) is 18.1 Å². The van der Waals surface area contributed by atoms with Crippen LogP contribution in [0.4, 0.5) is 15.8 Å². The molecule has 0 spiro atoms. The van der Waals surface area contributed by atoms with Crippen molar-refractivity contribution < 1.29 is 19.0 Å². The largest absolute Gasteiger partial charge is 0.490 e. The van der Waals surface area contributed by atoms with Gasteiger partial charge in [0.05, 0.1) is 17.3 Å². The van der Waals surface area contributed by atoms with E-state index in [0.29, 0.717) is 16.8 Å². The molecule has 25 heavy (non-hydrogen) atoms. The Labute approximate surface area is 144 Å². The van der Waals surface area contributed by atoms with E-state index in [1.807, 2.05) is 6.07 Å². The monoisotopic (exact) mass is 343 g/mol. The fourth-order valence-electron chi connectivity index (χ4n) is 2.02. The molecule has 0 aliphatic rings. The molecule has 0 aliphatic heterocycles. The Morgan fingerprint density at radius 2 is 2.12 bits per heavy atom. The second-order valence-electron chi connectivity index (χ2n) is 5.84. The maximum atomic E-state index is 13.4. The van der Waals surface area contributed by atoms with Gasteiger partial charge in [-0.15, -0.1) is 0 Å². The first-order chi connectivity index (χ1) is 11.7. The van der Waals surface area contributed by atoms with Gasteiger partial charge < -0.3 is 20.9 Å². The highest BCUT2D eigenvalue weighted by Gasteiger charge is 2.31. The number of carbonyl (C=O) groups excluding carboxylic acids is 1. The average molecular weight is 343 g/mol. The lowest BCUT2D eigenvalue weighted by molar-refractivity contribution is -0.135. The molecule has 130 valence electrons. The number of rotatable bonds is 5. The van der Waals surface area contributed by atoms with E-state index in [4.69, 9.17) is 15.7 Å². The van der Waals surface area contributed by atoms with Crippen molar-refractivity contribution in [3.8, 4) is 11.8 Å². The predicted octanol–water partition coefficient (Wildman–Crippen LogP) is 2.36. The van der Waals surface area contributed by atoms with Crippen molar-refractivity contribution in [2.24, 2.45) is 0 Å². The lowest BCUT2D eigenvalue weighted by Crippen LogP contribution is -2.45. The van der Waals surface area contributed by atoms with Gasteiger partial charge in [0.2, 0.25) is 0 Å². The minimum absolute atomic E-state index is 0.0203. The highest BCUT2D eigenvalue weighted by Crippen LogP contribution is 2.20. The molecular formula is C18H18FN3O3. The van der Waals surface area contributed by atoms with Gasteiger partial charge in [-0.05, 0) is 49.7 Å². The number of nitrogens with two attached hydrogens (primary N) is 1. The molecule has 0 saturated carbocycles. The van der Waals surface area contributed by atoms with Gasteiger partial charge in [0.1, 0.15) is 18.2 Å². The summed E-state index contributed by atoms with van der Waals surface area (Å²) in [6.07, 6.45) is 0. The summed E-state index contributed by atoms with van der Waals surface area (Å²) in [7, 11) is 0. The van der Waals surface area contributed by atoms with E-state index < -0.39 is 17.3 Å². The van der Waals surface area contributed by atoms with Crippen LogP contribution >= 0.6 is 0 Å². The molecule has 0 saturated heterocycles. The van der Waals surface area contributed by atoms with Crippen molar-refractivity contribution in [1.29, 1.82) is 5.26 Å². The molecular weight excluding hydrogens is 325 g/mol. The van der Waals surface area contributed by atoms with Crippen molar-refractivity contribution in [2.45, 2.75) is 19.4 Å². The summed E-state index contributed by atoms with van der Waals surface area (Å²) >= 11 is 0. The quantitative estimate of drug-likeness (QED) is 0.722. The molecule has 4 N–H and O–H groups in total. The summed E-state index contributed by atoms with van der Waals surface area (Å²) in [5.74, 6) is -1.18. The van der Waals surface area contributed by atoms with Crippen LogP contribution in [0.5, 0.6) is 5.75 Å². The molecule has 2 rings (SSSR count). The van der Waals surface area contributed by atoms with E-state index in [1.54, 1.807) is 25.1 Å². The number of hydrogen-bond donors (Lipinski definition) is 3. The van der Waals surface area contributed by atoms with E-state index in [9.17, 15) is 14.3 Å². The summed E-state index contributed by atoms with van der Waals surface area (Å²) in [5, 5.41) is 21.8. The number of aliphatic hydroxyl groups is 1. The number of ether oxygens (including phenoxy) is 1. The molecule has 7 heteroatoms. The Kier molecular flexibility index (Phi) is 5.25. The van der Waals surface area contributed by atoms with Crippen molar-refractivity contribution in [2.75, 3.05) is 17.7 Å². The lowest BCUT2D eigenvalue weighted by Gasteiger charge is -2.22. The zero-order valence-electron chi connectivity index (χ0n) is 13.8. The van der Waals surface area contributed by atoms with Crippen LogP contribution in [0.2, 0.25) is 0 Å². The topological polar surface area (TPSA) is 108 Å². The van der Waals surface area contributed by atoms with Crippen LogP contribution in [0.15, 0.2) is 36.4 Å². The van der Waals surface area contributed by atoms with Gasteiger partial charge in [-0.3, -0.25) is 4.79 Å². The number of nitriles is 1. The maximum Gasteiger partial charge on any atom is 0.259 e. The molecule has 6 nitrogen and oxygen atoms in total. The minimum Gasteiger partial charge on any atom is -0.490 e. The molecule has 0 unspecified atom stereocenters. The summed E-state index contributed by atoms with van der Waals surface area (Å²) in [6, 6.07) is 10.7. The summed E-state index contributed by atoms with van der Waals surface area (Å²) < 4.78 is 18.7. The smallest absolute Gasteiger partial charge is 0.259 e. The van der Waals surface area contributed by atoms with Gasteiger partial charge in [0, 0.05) is 11.8 Å². The Hall–Kier alpha value is -3.11. The zero-order valence-corrected chi connectivity index (χ0v) is 13.8. The predicted molar refractivity (Wildman–Crippen MR) is 91.5 cm³/mol. The molecule has 0 fully saturated rings. The normalized spacial score (nSPS) is 12.8. The summed E-state index contributed by atoms with van der Waals surface area (Å²) in [6.45, 7) is 2.65. The lowest BCUT2D eigenvalue weighted by atomic mass is 10.1. The van der Waals surface area contributed by atoms with Crippen LogP contribution in [0.25, 0.3) is 0 Å². The van der Waals surface area contributed by atoms with Gasteiger partial charge in [-0.2, -0.15) is 5.26 Å². The summed E-state index contributed by atoms with van der Waals surface area (Å²) in [5.41, 5.74) is 5.15. The number of hydrogen-bond acceptors (Lipinski definition) is 5. The van der Waals surface area contributed by atoms with Crippen LogP contribution in [-0.2, 0) is 4.79 Å². The number of carbonyl (C=O) groups is 1. The van der Waals surface area contributed by atoms with Gasteiger partial charge in [-0.1, -0.05) is 0 Å². The molecule has 2 aromatic rings. The van der Waals surface area contributed by atoms with Gasteiger partial charge in [0.25, 0.3) is 5.91 Å². The van der Waals surface area contributed by atoms with Crippen molar-refractivity contribution in [1.82, 2.24) is 0 Å². The van der Waals surface area contributed by atoms with Crippen molar-refractivity contribution in [3.63, 3.8) is 0 Å². The van der Waals surface area contributed by atoms with Gasteiger partial charge >= 0.3 is 0 Å². The third-order valence-electron chi connectivity index (χ3n) is 3.59. The molecule has 0 aromatic heterocycles. The number of nitrogen functional groups attached to an aromatic ring is 1. The van der Waals surface area contributed by atoms with E-state index in [0.717, 1.165) is 6.07 Å². The van der Waals surface area contributed by atoms with E-state index in [2.05, 4.69) is 5.32 Å². The van der Waals surface area contributed by atoms with Crippen LogP contribution in [-0.4, -0.2) is 23.2 Å². The second-order valence-corrected chi connectivity index (χ2v) is 5.84. The Balaban J connectivity index is 2.03. The SMILES string of the molecule is Cc1cc(NC(=O)[C@@](C)(O)COc2ccc(N)c(F)c2)ccc1C#N. The molecule has 1 amide bonds. The number of aryl methyl sites for hydroxylation is 1. The van der Waals surface area contributed by atoms with Crippen molar-refractivity contribution in [3.05, 3.63) is 53.3 Å². The Morgan fingerprint density at radius 1 is 1.40 bits per heavy atom. The maximum absolute atomic E-state index is 13.4. The van der Waals surface area contributed by atoms with Gasteiger partial charge in [0.15, 0.2) is 5.60 Å². The Bertz CT molecular complexity index is 844. The van der Waals surface area contributed by atoms with E-state index >= 15 is 0 Å². The molecule has 0 heterocycles. The van der Waals surface area contributed by atoms with Crippen LogP contribution in [0, 0.1) is 24.1 Å². The number of benzene rings is 2. The molecule has 1 atom stereocenters. The first-order valence-corrected chi connectivity index (χ1v) is 7.45. The highest BCUT2D eigenvalue weighted by molar-refractivity contribution is 5.97. The Morgan fingerprint density at radius 3 is 2.72 bits per heavy atom. The van der Waals surface area contributed by atoms with Crippen LogP contribution in [0.3, 0.4) is 0 Å². The van der Waals surface area contributed by atoms with E-state index in [-0.39, 0.29) is 18.0 Å². The van der Waals surface area contributed by atoms with Crippen molar-refractivity contribution >= 4 is 17.3 Å².